The molecule has 0 bridgehead atoms. The van der Waals surface area contributed by atoms with Crippen LogP contribution in [0.3, 0.4) is 0 Å². The average molecular weight is 339 g/mol. The number of nitrogens with zero attached hydrogens (tertiary/aromatic N) is 3. The van der Waals surface area contributed by atoms with E-state index >= 15 is 0 Å². The largest absolute Gasteiger partial charge is 0.444 e. The van der Waals surface area contributed by atoms with E-state index in [0.29, 0.717) is 13.0 Å². The summed E-state index contributed by atoms with van der Waals surface area (Å²) in [5, 5.41) is 10.7. The normalized spacial score (nSPS) is 17.7. The van der Waals surface area contributed by atoms with Gasteiger partial charge >= 0.3 is 6.09 Å². The van der Waals surface area contributed by atoms with E-state index in [1.165, 1.54) is 12.1 Å². The number of amides is 1. The molecule has 0 aliphatic carbocycles. The minimum absolute atomic E-state index is 0.209. The van der Waals surface area contributed by atoms with Crippen LogP contribution in [0.1, 0.15) is 33.6 Å². The third kappa shape index (κ3) is 3.93. The fraction of sp³-hybridized carbons (Fsp3) is 0.562. The van der Waals surface area contributed by atoms with Crippen molar-refractivity contribution in [3.8, 4) is 0 Å². The number of carbonyl (C=O) groups is 1. The van der Waals surface area contributed by atoms with Crippen molar-refractivity contribution >= 4 is 17.5 Å². The number of likely N-dealkylation sites (tertiary alicyclic amines) is 1. The molecule has 0 saturated carbocycles. The number of benzene rings is 1. The van der Waals surface area contributed by atoms with Gasteiger partial charge in [0.15, 0.2) is 5.82 Å². The number of carbonyl (C=O) groups excluding carboxylic acids is 1. The predicted octanol–water partition coefficient (Wildman–Crippen LogP) is 3.53. The molecule has 0 spiro atoms. The van der Waals surface area contributed by atoms with Crippen molar-refractivity contribution in [1.29, 1.82) is 0 Å². The average Bonchev–Trinajstić information content (AvgIpc) is 2.94. The zero-order chi connectivity index (χ0) is 18.1. The molecule has 0 aromatic heterocycles. The molecule has 0 unspecified atom stereocenters. The Balaban J connectivity index is 2.20. The van der Waals surface area contributed by atoms with Crippen LogP contribution in [0.5, 0.6) is 0 Å². The van der Waals surface area contributed by atoms with E-state index in [4.69, 9.17) is 4.74 Å². The highest BCUT2D eigenvalue weighted by Crippen LogP contribution is 2.30. The Morgan fingerprint density at radius 2 is 2.12 bits per heavy atom. The van der Waals surface area contributed by atoms with Crippen LogP contribution >= 0.6 is 0 Å². The van der Waals surface area contributed by atoms with Gasteiger partial charge in [0.1, 0.15) is 11.8 Å². The van der Waals surface area contributed by atoms with Gasteiger partial charge in [0.2, 0.25) is 0 Å². The molecule has 1 fully saturated rings. The van der Waals surface area contributed by atoms with Gasteiger partial charge in [-0.1, -0.05) is 0 Å². The van der Waals surface area contributed by atoms with Crippen molar-refractivity contribution in [2.24, 2.45) is 0 Å². The van der Waals surface area contributed by atoms with Crippen LogP contribution in [0.4, 0.5) is 20.6 Å². The summed E-state index contributed by atoms with van der Waals surface area (Å²) < 4.78 is 19.6. The number of halogens is 1. The Morgan fingerprint density at radius 1 is 1.46 bits per heavy atom. The van der Waals surface area contributed by atoms with E-state index in [9.17, 15) is 19.3 Å². The molecule has 1 aliphatic heterocycles. The number of anilines is 1. The maximum absolute atomic E-state index is 14.2. The van der Waals surface area contributed by atoms with E-state index in [1.807, 2.05) is 0 Å². The van der Waals surface area contributed by atoms with E-state index in [2.05, 4.69) is 0 Å². The molecule has 24 heavy (non-hydrogen) atoms. The minimum Gasteiger partial charge on any atom is -0.444 e. The summed E-state index contributed by atoms with van der Waals surface area (Å²) in [6.07, 6.45) is 0.657. The van der Waals surface area contributed by atoms with Gasteiger partial charge in [0, 0.05) is 19.7 Å². The number of nitro benzene ring substituents is 1. The highest BCUT2D eigenvalue weighted by molar-refractivity contribution is 5.70. The van der Waals surface area contributed by atoms with Crippen molar-refractivity contribution in [3.63, 3.8) is 0 Å². The maximum atomic E-state index is 14.2. The highest BCUT2D eigenvalue weighted by Gasteiger charge is 2.35. The zero-order valence-electron chi connectivity index (χ0n) is 14.3. The Morgan fingerprint density at radius 3 is 2.67 bits per heavy atom. The lowest BCUT2D eigenvalue weighted by Crippen LogP contribution is -2.47. The summed E-state index contributed by atoms with van der Waals surface area (Å²) >= 11 is 0. The molecule has 0 N–H and O–H groups in total. The first kappa shape index (κ1) is 18.0. The van der Waals surface area contributed by atoms with Gasteiger partial charge in [-0.15, -0.1) is 0 Å². The smallest absolute Gasteiger partial charge is 0.411 e. The fourth-order valence-corrected chi connectivity index (χ4v) is 2.74. The molecular formula is C16H22FN3O4. The molecule has 1 aromatic rings. The molecule has 7 nitrogen and oxygen atoms in total. The summed E-state index contributed by atoms with van der Waals surface area (Å²) in [4.78, 5) is 25.6. The van der Waals surface area contributed by atoms with E-state index in [0.717, 1.165) is 12.5 Å². The van der Waals surface area contributed by atoms with Crippen molar-refractivity contribution in [3.05, 3.63) is 34.1 Å². The molecule has 132 valence electrons. The molecule has 1 amide bonds. The molecule has 2 rings (SSSR count). The Kier molecular flexibility index (Phi) is 4.96. The molecule has 1 aliphatic rings. The summed E-state index contributed by atoms with van der Waals surface area (Å²) in [5.74, 6) is -0.692. The third-order valence-corrected chi connectivity index (χ3v) is 3.82. The van der Waals surface area contributed by atoms with Crippen LogP contribution < -0.4 is 4.90 Å². The van der Waals surface area contributed by atoms with Gasteiger partial charge in [0.25, 0.3) is 5.69 Å². The van der Waals surface area contributed by atoms with Gasteiger partial charge < -0.3 is 9.64 Å². The second-order valence-corrected chi connectivity index (χ2v) is 6.80. The summed E-state index contributed by atoms with van der Waals surface area (Å²) in [6, 6.07) is 3.50. The molecule has 1 saturated heterocycles. The lowest BCUT2D eigenvalue weighted by atomic mass is 10.2. The predicted molar refractivity (Wildman–Crippen MR) is 87.4 cm³/mol. The standard InChI is InChI=1S/C16H22FN3O4/c1-16(2,3)24-15(21)19-9-5-6-14(19)18(4)13-8-7-11(20(22)23)10-12(13)17/h7-8,10,14H,5-6,9H2,1-4H3/t14-/m1/s1. The van der Waals surface area contributed by atoms with Crippen LogP contribution in [0.15, 0.2) is 18.2 Å². The summed E-state index contributed by atoms with van der Waals surface area (Å²) in [7, 11) is 1.66. The fourth-order valence-electron chi connectivity index (χ4n) is 2.74. The second-order valence-electron chi connectivity index (χ2n) is 6.80. The topological polar surface area (TPSA) is 75.9 Å². The third-order valence-electron chi connectivity index (χ3n) is 3.82. The number of non-ortho nitro benzene ring substituents is 1. The molecule has 8 heteroatoms. The zero-order valence-corrected chi connectivity index (χ0v) is 14.3. The van der Waals surface area contributed by atoms with Crippen LogP contribution in [0.25, 0.3) is 0 Å². The number of hydrogen-bond acceptors (Lipinski definition) is 5. The van der Waals surface area contributed by atoms with Crippen LogP contribution in [0.2, 0.25) is 0 Å². The van der Waals surface area contributed by atoms with E-state index < -0.39 is 22.4 Å². The summed E-state index contributed by atoms with van der Waals surface area (Å²) in [5.41, 5.74) is -0.706. The van der Waals surface area contributed by atoms with Gasteiger partial charge in [-0.3, -0.25) is 15.0 Å². The van der Waals surface area contributed by atoms with Gasteiger partial charge in [-0.2, -0.15) is 0 Å². The highest BCUT2D eigenvalue weighted by atomic mass is 19.1. The van der Waals surface area contributed by atoms with Gasteiger partial charge in [0.05, 0.1) is 16.7 Å². The van der Waals surface area contributed by atoms with E-state index in [1.54, 1.807) is 37.6 Å². The molecule has 1 atom stereocenters. The van der Waals surface area contributed by atoms with Crippen LogP contribution in [-0.2, 0) is 4.74 Å². The van der Waals surface area contributed by atoms with Crippen molar-refractivity contribution < 1.29 is 18.8 Å². The van der Waals surface area contributed by atoms with Gasteiger partial charge in [-0.25, -0.2) is 9.18 Å². The number of rotatable bonds is 3. The Bertz CT molecular complexity index is 645. The molecule has 0 radical (unpaired) electrons. The monoisotopic (exact) mass is 339 g/mol. The Hall–Kier alpha value is -2.38. The second kappa shape index (κ2) is 6.62. The SMILES string of the molecule is CN(c1ccc([N+](=O)[O-])cc1F)[C@H]1CCCN1C(=O)OC(C)(C)C. The molecular weight excluding hydrogens is 317 g/mol. The number of nitro groups is 1. The first-order chi connectivity index (χ1) is 11.1. The molecule has 1 heterocycles. The Labute approximate surface area is 140 Å². The number of ether oxygens (including phenoxy) is 1. The lowest BCUT2D eigenvalue weighted by molar-refractivity contribution is -0.385. The van der Waals surface area contributed by atoms with Crippen LogP contribution in [-0.4, -0.2) is 41.3 Å². The number of hydrogen-bond donors (Lipinski definition) is 0. The first-order valence-corrected chi connectivity index (χ1v) is 7.76. The van der Waals surface area contributed by atoms with Crippen molar-refractivity contribution in [2.45, 2.75) is 45.4 Å². The first-order valence-electron chi connectivity index (χ1n) is 7.76. The van der Waals surface area contributed by atoms with Crippen LogP contribution in [0, 0.1) is 15.9 Å². The van der Waals surface area contributed by atoms with Crippen molar-refractivity contribution in [1.82, 2.24) is 4.90 Å². The van der Waals surface area contributed by atoms with Gasteiger partial charge in [-0.05, 0) is 39.7 Å². The van der Waals surface area contributed by atoms with E-state index in [-0.39, 0.29) is 17.5 Å². The molecule has 1 aromatic carbocycles. The lowest BCUT2D eigenvalue weighted by Gasteiger charge is -2.35. The maximum Gasteiger partial charge on any atom is 0.411 e. The quantitative estimate of drug-likeness (QED) is 0.622. The minimum atomic E-state index is -0.692. The summed E-state index contributed by atoms with van der Waals surface area (Å²) in [6.45, 7) is 5.89. The van der Waals surface area contributed by atoms with Crippen molar-refractivity contribution in [2.75, 3.05) is 18.5 Å².